The molecule has 2 aromatic carbocycles. The van der Waals surface area contributed by atoms with Crippen molar-refractivity contribution in [1.82, 2.24) is 4.90 Å². The molecule has 0 aromatic heterocycles. The van der Waals surface area contributed by atoms with Gasteiger partial charge in [0.05, 0.1) is 17.6 Å². The van der Waals surface area contributed by atoms with Crippen LogP contribution in [0.5, 0.6) is 5.75 Å². The average Bonchev–Trinajstić information content (AvgIpc) is 2.84. The van der Waals surface area contributed by atoms with Crippen molar-refractivity contribution >= 4 is 29.1 Å². The average molecular weight is 339 g/mol. The highest BCUT2D eigenvalue weighted by atomic mass is 32.2. The van der Waals surface area contributed by atoms with Gasteiger partial charge in [-0.1, -0.05) is 48.5 Å². The van der Waals surface area contributed by atoms with Gasteiger partial charge in [0.2, 0.25) is 0 Å². The normalized spacial score (nSPS) is 14.5. The smallest absolute Gasteiger partial charge is 0.267 e. The van der Waals surface area contributed by atoms with Crippen LogP contribution in [0, 0.1) is 0 Å². The van der Waals surface area contributed by atoms with E-state index in [1.54, 1.807) is 13.2 Å². The molecule has 0 fully saturated rings. The highest BCUT2D eigenvalue weighted by Gasteiger charge is 2.37. The Morgan fingerprint density at radius 3 is 2.33 bits per heavy atom. The number of para-hydroxylation sites is 1. The Bertz CT molecular complexity index is 814. The Labute approximate surface area is 145 Å². The number of amides is 2. The van der Waals surface area contributed by atoms with Crippen LogP contribution in [0.4, 0.5) is 0 Å². The Morgan fingerprint density at radius 2 is 1.62 bits per heavy atom. The first-order chi connectivity index (χ1) is 11.6. The summed E-state index contributed by atoms with van der Waals surface area (Å²) < 4.78 is 5.36. The van der Waals surface area contributed by atoms with Gasteiger partial charge >= 0.3 is 0 Å². The number of ether oxygens (including phenoxy) is 1. The Morgan fingerprint density at radius 1 is 0.958 bits per heavy atom. The van der Waals surface area contributed by atoms with Crippen LogP contribution >= 0.6 is 11.8 Å². The van der Waals surface area contributed by atoms with E-state index < -0.39 is 0 Å². The van der Waals surface area contributed by atoms with Crippen molar-refractivity contribution in [2.24, 2.45) is 0 Å². The lowest BCUT2D eigenvalue weighted by molar-refractivity contribution is -0.134. The quantitative estimate of drug-likeness (QED) is 0.784. The minimum Gasteiger partial charge on any atom is -0.496 e. The summed E-state index contributed by atoms with van der Waals surface area (Å²) in [6.45, 7) is 0. The maximum Gasteiger partial charge on any atom is 0.267 e. The molecule has 2 aromatic rings. The van der Waals surface area contributed by atoms with Gasteiger partial charge in [0.15, 0.2) is 0 Å². The van der Waals surface area contributed by atoms with Crippen LogP contribution < -0.4 is 4.74 Å². The molecule has 2 amide bonds. The summed E-state index contributed by atoms with van der Waals surface area (Å²) in [6.07, 6.45) is 0. The fraction of sp³-hybridized carbons (Fsp3) is 0.158. The number of rotatable bonds is 5. The second-order valence-corrected chi connectivity index (χ2v) is 6.33. The van der Waals surface area contributed by atoms with Gasteiger partial charge in [0.25, 0.3) is 11.8 Å². The van der Waals surface area contributed by atoms with Crippen molar-refractivity contribution in [3.8, 4) is 5.75 Å². The molecular weight excluding hydrogens is 322 g/mol. The SMILES string of the molecule is COc1ccccc1C1=C(SCc2ccccc2)C(=O)N(C)C1=O. The predicted octanol–water partition coefficient (Wildman–Crippen LogP) is 3.34. The summed E-state index contributed by atoms with van der Waals surface area (Å²) in [5.74, 6) is 0.658. The van der Waals surface area contributed by atoms with E-state index in [-0.39, 0.29) is 11.8 Å². The fourth-order valence-electron chi connectivity index (χ4n) is 2.57. The minimum atomic E-state index is -0.292. The molecule has 0 radical (unpaired) electrons. The number of imide groups is 1. The van der Waals surface area contributed by atoms with Gasteiger partial charge in [-0.15, -0.1) is 11.8 Å². The molecule has 0 bridgehead atoms. The number of benzene rings is 2. The van der Waals surface area contributed by atoms with E-state index in [0.29, 0.717) is 27.5 Å². The van der Waals surface area contributed by atoms with Crippen LogP contribution in [0.3, 0.4) is 0 Å². The largest absolute Gasteiger partial charge is 0.496 e. The Balaban J connectivity index is 2.01. The predicted molar refractivity (Wildman–Crippen MR) is 95.4 cm³/mol. The molecule has 122 valence electrons. The molecule has 4 nitrogen and oxygen atoms in total. The highest BCUT2D eigenvalue weighted by molar-refractivity contribution is 8.03. The second kappa shape index (κ2) is 6.93. The van der Waals surface area contributed by atoms with Gasteiger partial charge in [-0.05, 0) is 11.6 Å². The third-order valence-electron chi connectivity index (χ3n) is 3.85. The lowest BCUT2D eigenvalue weighted by atomic mass is 10.1. The number of hydrogen-bond acceptors (Lipinski definition) is 4. The number of methoxy groups -OCH3 is 1. The van der Waals surface area contributed by atoms with E-state index in [4.69, 9.17) is 4.74 Å². The zero-order valence-electron chi connectivity index (χ0n) is 13.5. The van der Waals surface area contributed by atoms with E-state index >= 15 is 0 Å². The topological polar surface area (TPSA) is 46.6 Å². The third-order valence-corrected chi connectivity index (χ3v) is 4.99. The summed E-state index contributed by atoms with van der Waals surface area (Å²) in [4.78, 5) is 26.7. The molecule has 24 heavy (non-hydrogen) atoms. The summed E-state index contributed by atoms with van der Waals surface area (Å²) in [5.41, 5.74) is 2.17. The lowest BCUT2D eigenvalue weighted by Crippen LogP contribution is -2.26. The van der Waals surface area contributed by atoms with Crippen molar-refractivity contribution in [1.29, 1.82) is 0 Å². The van der Waals surface area contributed by atoms with Crippen molar-refractivity contribution in [2.75, 3.05) is 14.2 Å². The molecule has 1 aliphatic rings. The van der Waals surface area contributed by atoms with Crippen LogP contribution in [0.1, 0.15) is 11.1 Å². The van der Waals surface area contributed by atoms with Crippen molar-refractivity contribution in [3.05, 3.63) is 70.6 Å². The number of likely N-dealkylation sites (N-methyl/N-ethyl adjacent to an activating group) is 1. The maximum atomic E-state index is 12.6. The zero-order chi connectivity index (χ0) is 17.1. The molecule has 0 aliphatic carbocycles. The first kappa shape index (κ1) is 16.3. The van der Waals surface area contributed by atoms with E-state index in [0.717, 1.165) is 10.5 Å². The van der Waals surface area contributed by atoms with Crippen molar-refractivity contribution in [3.63, 3.8) is 0 Å². The van der Waals surface area contributed by atoms with Gasteiger partial charge in [0.1, 0.15) is 5.75 Å². The standard InChI is InChI=1S/C19H17NO3S/c1-20-18(21)16(14-10-6-7-11-15(14)23-2)17(19(20)22)24-12-13-8-4-3-5-9-13/h3-11H,12H2,1-2H3. The molecule has 0 saturated carbocycles. The first-order valence-electron chi connectivity index (χ1n) is 7.50. The number of hydrogen-bond donors (Lipinski definition) is 0. The molecule has 1 aliphatic heterocycles. The monoisotopic (exact) mass is 339 g/mol. The number of carbonyl (C=O) groups excluding carboxylic acids is 2. The first-order valence-corrected chi connectivity index (χ1v) is 8.49. The fourth-order valence-corrected chi connectivity index (χ4v) is 3.67. The van der Waals surface area contributed by atoms with Gasteiger partial charge in [-0.25, -0.2) is 0 Å². The third kappa shape index (κ3) is 2.95. The van der Waals surface area contributed by atoms with Crippen LogP contribution in [0.2, 0.25) is 0 Å². The van der Waals surface area contributed by atoms with Gasteiger partial charge in [0, 0.05) is 18.4 Å². The van der Waals surface area contributed by atoms with E-state index in [1.807, 2.05) is 48.5 Å². The van der Waals surface area contributed by atoms with E-state index in [1.165, 1.54) is 18.8 Å². The van der Waals surface area contributed by atoms with Crippen LogP contribution in [-0.2, 0) is 15.3 Å². The summed E-state index contributed by atoms with van der Waals surface area (Å²) in [7, 11) is 3.07. The number of nitrogens with zero attached hydrogens (tertiary/aromatic N) is 1. The van der Waals surface area contributed by atoms with E-state index in [9.17, 15) is 9.59 Å². The van der Waals surface area contributed by atoms with Crippen molar-refractivity contribution < 1.29 is 14.3 Å². The van der Waals surface area contributed by atoms with Gasteiger partial charge < -0.3 is 4.74 Å². The molecule has 0 N–H and O–H groups in total. The molecule has 1 heterocycles. The summed E-state index contributed by atoms with van der Waals surface area (Å²) in [5, 5.41) is 0. The van der Waals surface area contributed by atoms with Crippen LogP contribution in [-0.4, -0.2) is 30.9 Å². The van der Waals surface area contributed by atoms with Crippen LogP contribution in [0.15, 0.2) is 59.5 Å². The molecule has 3 rings (SSSR count). The Kier molecular flexibility index (Phi) is 4.71. The van der Waals surface area contributed by atoms with Gasteiger partial charge in [-0.2, -0.15) is 0 Å². The minimum absolute atomic E-state index is 0.262. The highest BCUT2D eigenvalue weighted by Crippen LogP contribution is 2.39. The second-order valence-electron chi connectivity index (χ2n) is 5.35. The molecule has 5 heteroatoms. The molecule has 0 spiro atoms. The zero-order valence-corrected chi connectivity index (χ0v) is 14.3. The van der Waals surface area contributed by atoms with Gasteiger partial charge in [-0.3, -0.25) is 14.5 Å². The van der Waals surface area contributed by atoms with E-state index in [2.05, 4.69) is 0 Å². The summed E-state index contributed by atoms with van der Waals surface area (Å²) in [6, 6.07) is 17.1. The Hall–Kier alpha value is -2.53. The maximum absolute atomic E-state index is 12.6. The molecule has 0 unspecified atom stereocenters. The molecule has 0 saturated heterocycles. The molecule has 0 atom stereocenters. The molecular formula is C19H17NO3S. The number of carbonyl (C=O) groups is 2. The summed E-state index contributed by atoms with van der Waals surface area (Å²) >= 11 is 1.39. The number of thioether (sulfide) groups is 1. The van der Waals surface area contributed by atoms with Crippen molar-refractivity contribution in [2.45, 2.75) is 5.75 Å². The lowest BCUT2D eigenvalue weighted by Gasteiger charge is -2.10. The van der Waals surface area contributed by atoms with Crippen LogP contribution in [0.25, 0.3) is 5.57 Å².